The molecule has 0 aliphatic heterocycles. The van der Waals surface area contributed by atoms with Gasteiger partial charge in [-0.05, 0) is 12.1 Å². The van der Waals surface area contributed by atoms with E-state index in [4.69, 9.17) is 22.1 Å². The molecule has 0 spiro atoms. The zero-order valence-electron chi connectivity index (χ0n) is 8.10. The Balaban J connectivity index is 2.81. The van der Waals surface area contributed by atoms with Gasteiger partial charge in [-0.25, -0.2) is 4.39 Å². The maximum Gasteiger partial charge on any atom is 0.149 e. The number of fused-ring (bicyclic) bond motifs is 1. The van der Waals surface area contributed by atoms with Gasteiger partial charge in [-0.15, -0.1) is 0 Å². The Labute approximate surface area is 91.0 Å². The van der Waals surface area contributed by atoms with Gasteiger partial charge in [0, 0.05) is 17.6 Å². The van der Waals surface area contributed by atoms with E-state index in [-0.39, 0.29) is 5.02 Å². The number of hydrogen-bond acceptors (Lipinski definition) is 2. The monoisotopic (exact) mass is 228 g/mol. The molecule has 2 rings (SSSR count). The van der Waals surface area contributed by atoms with Crippen LogP contribution in [-0.4, -0.2) is 12.1 Å². The van der Waals surface area contributed by atoms with Gasteiger partial charge >= 0.3 is 0 Å². The molecule has 3 nitrogen and oxygen atoms in total. The lowest BCUT2D eigenvalue weighted by atomic mass is 10.2. The fourth-order valence-corrected chi connectivity index (χ4v) is 1.85. The molecule has 0 radical (unpaired) electrons. The number of ether oxygens (including phenoxy) is 1. The van der Waals surface area contributed by atoms with Crippen molar-refractivity contribution in [2.75, 3.05) is 7.11 Å². The lowest BCUT2D eigenvalue weighted by Crippen LogP contribution is -1.95. The topological polar surface area (TPSA) is 51.0 Å². The predicted molar refractivity (Wildman–Crippen MR) is 57.7 cm³/mol. The number of rotatable bonds is 2. The van der Waals surface area contributed by atoms with Gasteiger partial charge in [-0.2, -0.15) is 0 Å². The van der Waals surface area contributed by atoms with E-state index in [0.717, 1.165) is 5.69 Å². The molecule has 0 atom stereocenters. The summed E-state index contributed by atoms with van der Waals surface area (Å²) in [6.45, 7) is 0.314. The van der Waals surface area contributed by atoms with Crippen LogP contribution in [0.25, 0.3) is 10.9 Å². The summed E-state index contributed by atoms with van der Waals surface area (Å²) in [5.74, 6) is 0.0551. The number of aromatic nitrogens is 1. The Morgan fingerprint density at radius 2 is 2.27 bits per heavy atom. The molecule has 0 bridgehead atoms. The fraction of sp³-hybridized carbons (Fsp3) is 0.200. The summed E-state index contributed by atoms with van der Waals surface area (Å²) in [6.07, 6.45) is 0. The second kappa shape index (κ2) is 3.72. The molecule has 2 aromatic rings. The number of methoxy groups -OCH3 is 1. The van der Waals surface area contributed by atoms with E-state index >= 15 is 0 Å². The van der Waals surface area contributed by atoms with Gasteiger partial charge in [0.15, 0.2) is 0 Å². The van der Waals surface area contributed by atoms with Crippen molar-refractivity contribution in [1.29, 1.82) is 0 Å². The van der Waals surface area contributed by atoms with Gasteiger partial charge in [-0.3, -0.25) is 0 Å². The largest absolute Gasteiger partial charge is 0.494 e. The third-order valence-electron chi connectivity index (χ3n) is 2.25. The van der Waals surface area contributed by atoms with E-state index in [1.54, 1.807) is 6.07 Å². The molecular formula is C10H10ClFN2O. The van der Waals surface area contributed by atoms with Crippen LogP contribution in [0.5, 0.6) is 5.75 Å². The molecule has 0 aliphatic rings. The van der Waals surface area contributed by atoms with Crippen molar-refractivity contribution < 1.29 is 9.13 Å². The van der Waals surface area contributed by atoms with Crippen molar-refractivity contribution >= 4 is 22.5 Å². The minimum atomic E-state index is -0.407. The predicted octanol–water partition coefficient (Wildman–Crippen LogP) is 2.43. The number of H-pyrrole nitrogens is 1. The first-order valence-electron chi connectivity index (χ1n) is 4.41. The van der Waals surface area contributed by atoms with Gasteiger partial charge in [0.1, 0.15) is 11.6 Å². The second-order valence-electron chi connectivity index (χ2n) is 3.16. The first-order valence-corrected chi connectivity index (χ1v) is 4.78. The molecule has 1 aromatic heterocycles. The molecule has 0 amide bonds. The average Bonchev–Trinajstić information content (AvgIpc) is 2.62. The number of nitrogens with one attached hydrogen (secondary N) is 1. The van der Waals surface area contributed by atoms with Crippen LogP contribution in [0.2, 0.25) is 5.02 Å². The lowest BCUT2D eigenvalue weighted by Gasteiger charge is -2.04. The summed E-state index contributed by atoms with van der Waals surface area (Å²) in [5.41, 5.74) is 6.58. The van der Waals surface area contributed by atoms with Crippen LogP contribution in [0.1, 0.15) is 5.69 Å². The highest BCUT2D eigenvalue weighted by molar-refractivity contribution is 6.33. The molecule has 15 heavy (non-hydrogen) atoms. The van der Waals surface area contributed by atoms with Crippen LogP contribution in [0, 0.1) is 5.82 Å². The molecular weight excluding hydrogens is 219 g/mol. The Hall–Kier alpha value is -1.26. The zero-order valence-corrected chi connectivity index (χ0v) is 8.86. The molecule has 0 aliphatic carbocycles. The van der Waals surface area contributed by atoms with Crippen molar-refractivity contribution in [2.45, 2.75) is 6.54 Å². The van der Waals surface area contributed by atoms with Crippen molar-refractivity contribution in [3.63, 3.8) is 0 Å². The summed E-state index contributed by atoms with van der Waals surface area (Å²) in [5, 5.41) is 0.869. The minimum absolute atomic E-state index is 0.255. The van der Waals surface area contributed by atoms with E-state index in [0.29, 0.717) is 23.2 Å². The number of hydrogen-bond donors (Lipinski definition) is 2. The molecule has 0 saturated heterocycles. The Morgan fingerprint density at radius 3 is 2.87 bits per heavy atom. The normalized spacial score (nSPS) is 10.9. The van der Waals surface area contributed by atoms with E-state index < -0.39 is 5.82 Å². The molecule has 0 saturated carbocycles. The van der Waals surface area contributed by atoms with Crippen molar-refractivity contribution in [3.8, 4) is 5.75 Å². The smallest absolute Gasteiger partial charge is 0.149 e. The molecule has 1 aromatic carbocycles. The van der Waals surface area contributed by atoms with E-state index in [1.165, 1.54) is 13.2 Å². The first kappa shape index (κ1) is 10.3. The van der Waals surface area contributed by atoms with E-state index in [2.05, 4.69) is 4.98 Å². The molecule has 1 heterocycles. The molecule has 5 heteroatoms. The highest BCUT2D eigenvalue weighted by Crippen LogP contribution is 2.35. The van der Waals surface area contributed by atoms with Crippen LogP contribution in [0.4, 0.5) is 4.39 Å². The highest BCUT2D eigenvalue weighted by atomic mass is 35.5. The van der Waals surface area contributed by atoms with E-state index in [1.807, 2.05) is 0 Å². The minimum Gasteiger partial charge on any atom is -0.494 e. The van der Waals surface area contributed by atoms with Crippen molar-refractivity contribution in [3.05, 3.63) is 28.7 Å². The average molecular weight is 229 g/mol. The van der Waals surface area contributed by atoms with Gasteiger partial charge in [0.05, 0.1) is 17.6 Å². The molecule has 3 N–H and O–H groups in total. The van der Waals surface area contributed by atoms with Crippen molar-refractivity contribution in [2.24, 2.45) is 5.73 Å². The maximum absolute atomic E-state index is 13.5. The Kier molecular flexibility index (Phi) is 2.54. The van der Waals surface area contributed by atoms with Gasteiger partial charge in [0.2, 0.25) is 0 Å². The molecule has 0 fully saturated rings. The highest BCUT2D eigenvalue weighted by Gasteiger charge is 2.13. The van der Waals surface area contributed by atoms with Crippen molar-refractivity contribution in [1.82, 2.24) is 4.98 Å². The third kappa shape index (κ3) is 1.56. The quantitative estimate of drug-likeness (QED) is 0.830. The van der Waals surface area contributed by atoms with E-state index in [9.17, 15) is 4.39 Å². The number of aromatic amines is 1. The summed E-state index contributed by atoms with van der Waals surface area (Å²) >= 11 is 5.85. The first-order chi connectivity index (χ1) is 7.17. The maximum atomic E-state index is 13.5. The van der Waals surface area contributed by atoms with Gasteiger partial charge in [0.25, 0.3) is 0 Å². The standard InChI is InChI=1S/C10H10ClFN2O/c1-15-10-6-2-5(4-13)14-9(6)8(12)3-7(10)11/h2-3,14H,4,13H2,1H3. The van der Waals surface area contributed by atoms with Crippen LogP contribution in [0.3, 0.4) is 0 Å². The molecule has 0 unspecified atom stereocenters. The summed E-state index contributed by atoms with van der Waals surface area (Å²) < 4.78 is 18.6. The number of benzene rings is 1. The molecule has 80 valence electrons. The van der Waals surface area contributed by atoms with Gasteiger partial charge in [-0.1, -0.05) is 11.6 Å². The Bertz CT molecular complexity index is 510. The number of halogens is 2. The zero-order chi connectivity index (χ0) is 11.0. The second-order valence-corrected chi connectivity index (χ2v) is 3.57. The fourth-order valence-electron chi connectivity index (χ4n) is 1.57. The summed E-state index contributed by atoms with van der Waals surface area (Å²) in [7, 11) is 1.49. The van der Waals surface area contributed by atoms with Crippen LogP contribution < -0.4 is 10.5 Å². The van der Waals surface area contributed by atoms with Crippen LogP contribution in [0.15, 0.2) is 12.1 Å². The van der Waals surface area contributed by atoms with Crippen LogP contribution >= 0.6 is 11.6 Å². The number of nitrogens with two attached hydrogens (primary N) is 1. The third-order valence-corrected chi connectivity index (χ3v) is 2.53. The summed E-state index contributed by atoms with van der Waals surface area (Å²) in [4.78, 5) is 2.88. The lowest BCUT2D eigenvalue weighted by molar-refractivity contribution is 0.419. The Morgan fingerprint density at radius 1 is 1.53 bits per heavy atom. The van der Waals surface area contributed by atoms with Gasteiger partial charge < -0.3 is 15.5 Å². The SMILES string of the molecule is COc1c(Cl)cc(F)c2[nH]c(CN)cc12. The summed E-state index contributed by atoms with van der Waals surface area (Å²) in [6, 6.07) is 2.96. The van der Waals surface area contributed by atoms with Crippen LogP contribution in [-0.2, 0) is 6.54 Å².